The smallest absolute Gasteiger partial charge is 0.414 e. The van der Waals surface area contributed by atoms with Crippen LogP contribution in [0.4, 0.5) is 10.7 Å². The first-order chi connectivity index (χ1) is 6.37. The van der Waals surface area contributed by atoms with Crippen LogP contribution < -0.4 is 5.32 Å². The quantitative estimate of drug-likeness (QED) is 0.805. The highest BCUT2D eigenvalue weighted by Crippen LogP contribution is 2.12. The van der Waals surface area contributed by atoms with E-state index >= 15 is 0 Å². The van der Waals surface area contributed by atoms with Crippen molar-refractivity contribution in [2.45, 2.75) is 26.4 Å². The van der Waals surface area contributed by atoms with Crippen LogP contribution in [0.5, 0.6) is 0 Å². The fourth-order valence-electron chi connectivity index (χ4n) is 0.651. The molecule has 14 heavy (non-hydrogen) atoms. The summed E-state index contributed by atoms with van der Waals surface area (Å²) in [6, 6.07) is 0. The number of amides is 1. The fourth-order valence-corrected chi connectivity index (χ4v) is 1.55. The van der Waals surface area contributed by atoms with Gasteiger partial charge >= 0.3 is 6.09 Å². The average Bonchev–Trinajstić information content (AvgIpc) is 2.30. The number of hydrogen-bond acceptors (Lipinski definition) is 5. The fraction of sp³-hybridized carbons (Fsp3) is 0.571. The van der Waals surface area contributed by atoms with Gasteiger partial charge in [-0.15, -0.1) is 0 Å². The third-order valence-electron chi connectivity index (χ3n) is 1.01. The Labute approximate surface area is 99.6 Å². The second-order valence-electron chi connectivity index (χ2n) is 3.50. The van der Waals surface area contributed by atoms with Gasteiger partial charge in [0.25, 0.3) is 0 Å². The number of nitrogens with zero attached hydrogens (tertiary/aromatic N) is 2. The van der Waals surface area contributed by atoms with E-state index in [-0.39, 0.29) is 5.95 Å². The van der Waals surface area contributed by atoms with E-state index in [1.165, 1.54) is 11.5 Å². The molecule has 5 nitrogen and oxygen atoms in total. The van der Waals surface area contributed by atoms with Crippen molar-refractivity contribution in [3.63, 3.8) is 0 Å². The third-order valence-corrected chi connectivity index (χ3v) is 2.35. The van der Waals surface area contributed by atoms with Gasteiger partial charge in [0.15, 0.2) is 3.01 Å². The summed E-state index contributed by atoms with van der Waals surface area (Å²) in [6.07, 6.45) is -0.535. The highest BCUT2D eigenvalue weighted by Gasteiger charge is 2.17. The normalized spacial score (nSPS) is 11.1. The summed E-state index contributed by atoms with van der Waals surface area (Å²) in [7, 11) is 0. The van der Waals surface area contributed by atoms with E-state index in [0.29, 0.717) is 0 Å². The van der Waals surface area contributed by atoms with Crippen LogP contribution in [0, 0.1) is 3.01 Å². The molecule has 1 amide bonds. The van der Waals surface area contributed by atoms with Crippen LogP contribution in [0.15, 0.2) is 0 Å². The predicted octanol–water partition coefficient (Wildman–Crippen LogP) is 2.49. The molecule has 1 N–H and O–H groups in total. The topological polar surface area (TPSA) is 64.1 Å². The second-order valence-corrected chi connectivity index (χ2v) is 6.00. The lowest BCUT2D eigenvalue weighted by Crippen LogP contribution is -2.27. The first kappa shape index (κ1) is 11.6. The van der Waals surface area contributed by atoms with Gasteiger partial charge in [-0.25, -0.2) is 4.79 Å². The summed E-state index contributed by atoms with van der Waals surface area (Å²) in [5.41, 5.74) is -0.507. The lowest BCUT2D eigenvalue weighted by Gasteiger charge is -2.18. The van der Waals surface area contributed by atoms with Crippen molar-refractivity contribution < 1.29 is 9.53 Å². The van der Waals surface area contributed by atoms with Crippen molar-refractivity contribution in [3.8, 4) is 0 Å². The Hall–Kier alpha value is -0.440. The molecule has 1 aromatic rings. The maximum atomic E-state index is 11.2. The summed E-state index contributed by atoms with van der Waals surface area (Å²) in [6.45, 7) is 5.39. The van der Waals surface area contributed by atoms with Crippen LogP contribution in [0.1, 0.15) is 20.8 Å². The highest BCUT2D eigenvalue weighted by molar-refractivity contribution is 14.1. The zero-order valence-corrected chi connectivity index (χ0v) is 11.0. The van der Waals surface area contributed by atoms with Crippen LogP contribution in [0.2, 0.25) is 0 Å². The van der Waals surface area contributed by atoms with Crippen molar-refractivity contribution in [1.82, 2.24) is 9.36 Å². The van der Waals surface area contributed by atoms with E-state index in [2.05, 4.69) is 14.7 Å². The second kappa shape index (κ2) is 4.39. The van der Waals surface area contributed by atoms with E-state index in [1.807, 2.05) is 22.6 Å². The molecule has 1 rings (SSSR count). The van der Waals surface area contributed by atoms with Crippen LogP contribution in [-0.4, -0.2) is 21.1 Å². The first-order valence-electron chi connectivity index (χ1n) is 3.86. The summed E-state index contributed by atoms with van der Waals surface area (Å²) in [5, 5.41) is 2.44. The molecule has 78 valence electrons. The minimum atomic E-state index is -0.535. The number of halogens is 1. The molecule has 0 aliphatic rings. The average molecular weight is 327 g/mol. The van der Waals surface area contributed by atoms with Gasteiger partial charge in [0.1, 0.15) is 5.60 Å². The molecule has 1 heterocycles. The Morgan fingerprint density at radius 3 is 2.64 bits per heavy atom. The number of carbonyl (C=O) groups is 1. The molecule has 0 bridgehead atoms. The molecule has 0 saturated carbocycles. The lowest BCUT2D eigenvalue weighted by atomic mass is 10.2. The van der Waals surface area contributed by atoms with Crippen molar-refractivity contribution in [1.29, 1.82) is 0 Å². The molecule has 0 aliphatic carbocycles. The minimum absolute atomic E-state index is 0.286. The maximum absolute atomic E-state index is 11.2. The van der Waals surface area contributed by atoms with Gasteiger partial charge in [-0.1, -0.05) is 0 Å². The first-order valence-corrected chi connectivity index (χ1v) is 5.71. The molecule has 0 aromatic carbocycles. The van der Waals surface area contributed by atoms with Crippen molar-refractivity contribution in [2.75, 3.05) is 5.32 Å². The molecule has 0 fully saturated rings. The van der Waals surface area contributed by atoms with Crippen molar-refractivity contribution in [3.05, 3.63) is 3.01 Å². The predicted molar refractivity (Wildman–Crippen MR) is 62.5 cm³/mol. The lowest BCUT2D eigenvalue weighted by molar-refractivity contribution is 0.0635. The van der Waals surface area contributed by atoms with Gasteiger partial charge in [0, 0.05) is 0 Å². The zero-order valence-electron chi connectivity index (χ0n) is 8.00. The Kier molecular flexibility index (Phi) is 3.65. The molecular weight excluding hydrogens is 317 g/mol. The number of hydrogen-bond donors (Lipinski definition) is 1. The van der Waals surface area contributed by atoms with Gasteiger partial charge < -0.3 is 4.74 Å². The largest absolute Gasteiger partial charge is 0.444 e. The molecule has 0 saturated heterocycles. The number of carbonyl (C=O) groups excluding carboxylic acids is 1. The molecule has 1 aromatic heterocycles. The van der Waals surface area contributed by atoms with Gasteiger partial charge in [-0.2, -0.15) is 9.36 Å². The summed E-state index contributed by atoms with van der Waals surface area (Å²) in [5.74, 6) is 0.286. The molecule has 7 heteroatoms. The Bertz CT molecular complexity index is 334. The van der Waals surface area contributed by atoms with Crippen molar-refractivity contribution in [2.24, 2.45) is 0 Å². The maximum Gasteiger partial charge on any atom is 0.414 e. The standard InChI is InChI=1S/C7H10IN3O2S/c1-7(2,3)13-6(12)10-5-9-4(8)14-11-5/h1-3H3,(H,10,11,12). The van der Waals surface area contributed by atoms with Gasteiger partial charge in [0.2, 0.25) is 5.95 Å². The summed E-state index contributed by atoms with van der Waals surface area (Å²) < 4.78 is 9.69. The minimum Gasteiger partial charge on any atom is -0.444 e. The highest BCUT2D eigenvalue weighted by atomic mass is 127. The Balaban J connectivity index is 2.50. The van der Waals surface area contributed by atoms with E-state index in [0.717, 1.165) is 3.01 Å². The summed E-state index contributed by atoms with van der Waals surface area (Å²) in [4.78, 5) is 15.2. The Morgan fingerprint density at radius 1 is 1.57 bits per heavy atom. The molecule has 0 spiro atoms. The van der Waals surface area contributed by atoms with Crippen LogP contribution in [0.3, 0.4) is 0 Å². The molecule has 0 radical (unpaired) electrons. The van der Waals surface area contributed by atoms with E-state index in [9.17, 15) is 4.79 Å². The van der Waals surface area contributed by atoms with Crippen LogP contribution >= 0.6 is 34.1 Å². The molecule has 0 aliphatic heterocycles. The molecule has 0 unspecified atom stereocenters. The number of aromatic nitrogens is 2. The monoisotopic (exact) mass is 327 g/mol. The number of rotatable bonds is 1. The van der Waals surface area contributed by atoms with E-state index in [4.69, 9.17) is 4.74 Å². The summed E-state index contributed by atoms with van der Waals surface area (Å²) >= 11 is 3.25. The Morgan fingerprint density at radius 2 is 2.21 bits per heavy atom. The van der Waals surface area contributed by atoms with Gasteiger partial charge in [-0.3, -0.25) is 5.32 Å². The van der Waals surface area contributed by atoms with Gasteiger partial charge in [0.05, 0.1) is 0 Å². The zero-order chi connectivity index (χ0) is 10.8. The molecular formula is C7H10IN3O2S. The number of ether oxygens (including phenoxy) is 1. The van der Waals surface area contributed by atoms with E-state index < -0.39 is 11.7 Å². The van der Waals surface area contributed by atoms with Crippen molar-refractivity contribution >= 4 is 46.2 Å². The van der Waals surface area contributed by atoms with E-state index in [1.54, 1.807) is 20.8 Å². The van der Waals surface area contributed by atoms with Gasteiger partial charge in [-0.05, 0) is 54.9 Å². The van der Waals surface area contributed by atoms with Crippen LogP contribution in [-0.2, 0) is 4.74 Å². The third kappa shape index (κ3) is 4.18. The van der Waals surface area contributed by atoms with Crippen LogP contribution in [0.25, 0.3) is 0 Å². The molecule has 0 atom stereocenters. The number of nitrogens with one attached hydrogen (secondary N) is 1. The number of anilines is 1. The SMILES string of the molecule is CC(C)(C)OC(=O)Nc1nsc(I)n1.